The van der Waals surface area contributed by atoms with Gasteiger partial charge in [-0.1, -0.05) is 17.7 Å². The molecule has 0 fully saturated rings. The molecule has 2 nitrogen and oxygen atoms in total. The molecule has 1 unspecified atom stereocenters. The van der Waals surface area contributed by atoms with Gasteiger partial charge in [0, 0.05) is 17.7 Å². The summed E-state index contributed by atoms with van der Waals surface area (Å²) in [5.41, 5.74) is 9.12. The SMILES string of the molecule is Cc1cc(C)c(C(N)CCO)cc1Cl. The highest BCUT2D eigenvalue weighted by atomic mass is 35.5. The zero-order chi connectivity index (χ0) is 10.7. The highest BCUT2D eigenvalue weighted by Gasteiger charge is 2.10. The van der Waals surface area contributed by atoms with E-state index in [1.165, 1.54) is 0 Å². The van der Waals surface area contributed by atoms with Crippen LogP contribution in [0.3, 0.4) is 0 Å². The average molecular weight is 214 g/mol. The fourth-order valence-corrected chi connectivity index (χ4v) is 1.71. The quantitative estimate of drug-likeness (QED) is 0.810. The Hall–Kier alpha value is -0.570. The van der Waals surface area contributed by atoms with Crippen LogP contribution in [0, 0.1) is 13.8 Å². The largest absolute Gasteiger partial charge is 0.396 e. The van der Waals surface area contributed by atoms with Crippen LogP contribution in [0.1, 0.15) is 29.2 Å². The number of aliphatic hydroxyl groups excluding tert-OH is 1. The summed E-state index contributed by atoms with van der Waals surface area (Å²) in [6.07, 6.45) is 0.570. The van der Waals surface area contributed by atoms with Crippen LogP contribution in [0.2, 0.25) is 5.02 Å². The van der Waals surface area contributed by atoms with Gasteiger partial charge in [-0.15, -0.1) is 0 Å². The van der Waals surface area contributed by atoms with Gasteiger partial charge in [-0.05, 0) is 43.0 Å². The van der Waals surface area contributed by atoms with Crippen molar-refractivity contribution in [1.82, 2.24) is 0 Å². The van der Waals surface area contributed by atoms with Crippen molar-refractivity contribution in [3.05, 3.63) is 33.8 Å². The van der Waals surface area contributed by atoms with Crippen LogP contribution < -0.4 is 5.73 Å². The number of hydrogen-bond acceptors (Lipinski definition) is 2. The van der Waals surface area contributed by atoms with Crippen molar-refractivity contribution in [2.45, 2.75) is 26.3 Å². The van der Waals surface area contributed by atoms with E-state index in [1.807, 2.05) is 26.0 Å². The molecule has 78 valence electrons. The Morgan fingerprint density at radius 2 is 2.00 bits per heavy atom. The van der Waals surface area contributed by atoms with E-state index in [-0.39, 0.29) is 12.6 Å². The Bertz CT molecular complexity index is 325. The molecule has 0 aromatic heterocycles. The molecule has 0 saturated carbocycles. The maximum Gasteiger partial charge on any atom is 0.0449 e. The number of nitrogens with two attached hydrogens (primary N) is 1. The van der Waals surface area contributed by atoms with E-state index >= 15 is 0 Å². The lowest BCUT2D eigenvalue weighted by atomic mass is 9.98. The molecule has 0 radical (unpaired) electrons. The Morgan fingerprint density at radius 3 is 2.57 bits per heavy atom. The van der Waals surface area contributed by atoms with Crippen molar-refractivity contribution in [2.24, 2.45) is 5.73 Å². The Labute approximate surface area is 89.7 Å². The Kier molecular flexibility index (Phi) is 3.93. The fraction of sp³-hybridized carbons (Fsp3) is 0.455. The maximum absolute atomic E-state index is 8.80. The zero-order valence-electron chi connectivity index (χ0n) is 8.55. The number of benzene rings is 1. The first-order valence-electron chi connectivity index (χ1n) is 4.69. The number of rotatable bonds is 3. The summed E-state index contributed by atoms with van der Waals surface area (Å²) >= 11 is 6.01. The fourth-order valence-electron chi connectivity index (χ4n) is 1.54. The lowest BCUT2D eigenvalue weighted by Crippen LogP contribution is -2.13. The number of aliphatic hydroxyl groups is 1. The van der Waals surface area contributed by atoms with E-state index in [0.717, 1.165) is 21.7 Å². The minimum atomic E-state index is -0.127. The topological polar surface area (TPSA) is 46.2 Å². The molecule has 1 rings (SSSR count). The van der Waals surface area contributed by atoms with Gasteiger partial charge >= 0.3 is 0 Å². The van der Waals surface area contributed by atoms with Gasteiger partial charge in [0.1, 0.15) is 0 Å². The van der Waals surface area contributed by atoms with Crippen LogP contribution in [-0.2, 0) is 0 Å². The zero-order valence-corrected chi connectivity index (χ0v) is 9.30. The van der Waals surface area contributed by atoms with E-state index in [0.29, 0.717) is 6.42 Å². The van der Waals surface area contributed by atoms with Gasteiger partial charge in [-0.2, -0.15) is 0 Å². The van der Waals surface area contributed by atoms with Crippen molar-refractivity contribution in [3.8, 4) is 0 Å². The summed E-state index contributed by atoms with van der Waals surface area (Å²) in [6.45, 7) is 4.08. The average Bonchev–Trinajstić information content (AvgIpc) is 2.11. The molecule has 1 aromatic rings. The first kappa shape index (κ1) is 11.5. The summed E-state index contributed by atoms with van der Waals surface area (Å²) in [5, 5.41) is 9.53. The standard InChI is InChI=1S/C11H16ClNO/c1-7-5-8(2)10(12)6-9(7)11(13)3-4-14/h5-6,11,14H,3-4,13H2,1-2H3. The summed E-state index contributed by atoms with van der Waals surface area (Å²) in [6, 6.07) is 3.79. The van der Waals surface area contributed by atoms with Crippen LogP contribution in [0.4, 0.5) is 0 Å². The second kappa shape index (κ2) is 4.78. The second-order valence-corrected chi connectivity index (χ2v) is 3.98. The van der Waals surface area contributed by atoms with Crippen molar-refractivity contribution in [3.63, 3.8) is 0 Å². The van der Waals surface area contributed by atoms with E-state index in [9.17, 15) is 0 Å². The van der Waals surface area contributed by atoms with E-state index in [2.05, 4.69) is 0 Å². The van der Waals surface area contributed by atoms with Gasteiger partial charge in [0.05, 0.1) is 0 Å². The third-order valence-electron chi connectivity index (χ3n) is 2.39. The van der Waals surface area contributed by atoms with E-state index < -0.39 is 0 Å². The van der Waals surface area contributed by atoms with Gasteiger partial charge in [0.15, 0.2) is 0 Å². The molecule has 3 N–H and O–H groups in total. The van der Waals surface area contributed by atoms with Gasteiger partial charge < -0.3 is 10.8 Å². The molecule has 0 heterocycles. The van der Waals surface area contributed by atoms with Gasteiger partial charge in [0.25, 0.3) is 0 Å². The second-order valence-electron chi connectivity index (χ2n) is 3.58. The number of halogens is 1. The smallest absolute Gasteiger partial charge is 0.0449 e. The molecular formula is C11H16ClNO. The first-order valence-corrected chi connectivity index (χ1v) is 5.07. The van der Waals surface area contributed by atoms with Crippen LogP contribution in [0.5, 0.6) is 0 Å². The van der Waals surface area contributed by atoms with Crippen molar-refractivity contribution in [1.29, 1.82) is 0 Å². The van der Waals surface area contributed by atoms with Crippen molar-refractivity contribution in [2.75, 3.05) is 6.61 Å². The van der Waals surface area contributed by atoms with Gasteiger partial charge in [-0.25, -0.2) is 0 Å². The van der Waals surface area contributed by atoms with Crippen LogP contribution in [-0.4, -0.2) is 11.7 Å². The molecule has 0 aliphatic carbocycles. The predicted octanol–water partition coefficient (Wildman–Crippen LogP) is 2.34. The molecule has 0 amide bonds. The monoisotopic (exact) mass is 213 g/mol. The Morgan fingerprint density at radius 1 is 1.36 bits per heavy atom. The number of aryl methyl sites for hydroxylation is 2. The predicted molar refractivity (Wildman–Crippen MR) is 59.6 cm³/mol. The lowest BCUT2D eigenvalue weighted by molar-refractivity contribution is 0.276. The third kappa shape index (κ3) is 2.47. The first-order chi connectivity index (χ1) is 6.56. The van der Waals surface area contributed by atoms with Crippen molar-refractivity contribution >= 4 is 11.6 Å². The molecule has 0 bridgehead atoms. The summed E-state index contributed by atoms with van der Waals surface area (Å²) in [5.74, 6) is 0. The molecule has 0 spiro atoms. The molecule has 0 saturated heterocycles. The van der Waals surface area contributed by atoms with Crippen molar-refractivity contribution < 1.29 is 5.11 Å². The van der Waals surface area contributed by atoms with Gasteiger partial charge in [-0.3, -0.25) is 0 Å². The van der Waals surface area contributed by atoms with Crippen LogP contribution in [0.15, 0.2) is 12.1 Å². The molecule has 14 heavy (non-hydrogen) atoms. The van der Waals surface area contributed by atoms with E-state index in [4.69, 9.17) is 22.4 Å². The van der Waals surface area contributed by atoms with Gasteiger partial charge in [0.2, 0.25) is 0 Å². The Balaban J connectivity index is 3.02. The molecule has 0 aliphatic heterocycles. The molecule has 1 aromatic carbocycles. The highest BCUT2D eigenvalue weighted by molar-refractivity contribution is 6.31. The highest BCUT2D eigenvalue weighted by Crippen LogP contribution is 2.25. The summed E-state index contributed by atoms with van der Waals surface area (Å²) < 4.78 is 0. The lowest BCUT2D eigenvalue weighted by Gasteiger charge is -2.15. The molecule has 1 atom stereocenters. The third-order valence-corrected chi connectivity index (χ3v) is 2.79. The minimum absolute atomic E-state index is 0.103. The van der Waals surface area contributed by atoms with Crippen LogP contribution >= 0.6 is 11.6 Å². The number of hydrogen-bond donors (Lipinski definition) is 2. The summed E-state index contributed by atoms with van der Waals surface area (Å²) in [4.78, 5) is 0. The van der Waals surface area contributed by atoms with Crippen LogP contribution in [0.25, 0.3) is 0 Å². The molecule has 3 heteroatoms. The molecule has 0 aliphatic rings. The molecular weight excluding hydrogens is 198 g/mol. The van der Waals surface area contributed by atoms with E-state index in [1.54, 1.807) is 0 Å². The normalized spacial score (nSPS) is 12.9. The minimum Gasteiger partial charge on any atom is -0.396 e. The maximum atomic E-state index is 8.80. The summed E-state index contributed by atoms with van der Waals surface area (Å²) in [7, 11) is 0.